The topological polar surface area (TPSA) is 79.0 Å². The number of rotatable bonds is 0. The van der Waals surface area contributed by atoms with Gasteiger partial charge in [-0.1, -0.05) is 0 Å². The van der Waals surface area contributed by atoms with E-state index in [0.717, 1.165) is 0 Å². The molecule has 0 fully saturated rings. The van der Waals surface area contributed by atoms with Gasteiger partial charge in [-0.15, -0.1) is 0 Å². The van der Waals surface area contributed by atoms with Crippen LogP contribution >= 0.6 is 0 Å². The fourth-order valence-electron chi connectivity index (χ4n) is 0. The van der Waals surface area contributed by atoms with E-state index in [4.69, 9.17) is 10.4 Å². The molecule has 3 heteroatoms. The zero-order valence-corrected chi connectivity index (χ0v) is 4.81. The molecule has 4 N–H and O–H groups in total. The van der Waals surface area contributed by atoms with Gasteiger partial charge in [-0.25, -0.2) is 0 Å². The van der Waals surface area contributed by atoms with Gasteiger partial charge in [-0.2, -0.15) is 5.26 Å². The van der Waals surface area contributed by atoms with E-state index >= 15 is 0 Å². The average molecular weight is 104 g/mol. The van der Waals surface area contributed by atoms with Crippen molar-refractivity contribution in [2.24, 2.45) is 0 Å². The predicted molar refractivity (Wildman–Crippen MR) is 29.1 cm³/mol. The molecule has 0 amide bonds. The van der Waals surface area contributed by atoms with Crippen molar-refractivity contribution < 1.29 is 5.11 Å². The zero-order valence-electron chi connectivity index (χ0n) is 4.81. The molecule has 0 aromatic heterocycles. The van der Waals surface area contributed by atoms with Crippen LogP contribution in [0, 0.1) is 11.3 Å². The zero-order chi connectivity index (χ0) is 5.41. The first kappa shape index (κ1) is 16.1. The molecule has 3 nitrogen and oxygen atoms in total. The Morgan fingerprint density at radius 2 is 1.71 bits per heavy atom. The summed E-state index contributed by atoms with van der Waals surface area (Å²) >= 11 is 0. The van der Waals surface area contributed by atoms with Crippen LogP contribution in [0.2, 0.25) is 0 Å². The molecule has 0 unspecified atom stereocenters. The molecule has 0 rings (SSSR count). The average Bonchev–Trinajstić information content (AvgIpc) is 1.39. The first-order chi connectivity index (χ1) is 2.83. The first-order valence-electron chi connectivity index (χ1n) is 1.75. The molecule has 0 aromatic carbocycles. The molecule has 0 spiro atoms. The molecule has 0 saturated heterocycles. The van der Waals surface area contributed by atoms with Crippen LogP contribution in [0.5, 0.6) is 0 Å². The molecule has 7 heavy (non-hydrogen) atoms. The van der Waals surface area contributed by atoms with Crippen molar-refractivity contribution in [3.05, 3.63) is 0 Å². The second kappa shape index (κ2) is 52.9. The summed E-state index contributed by atoms with van der Waals surface area (Å²) in [6.07, 6.45) is 0. The van der Waals surface area contributed by atoms with E-state index in [1.54, 1.807) is 13.0 Å². The summed E-state index contributed by atoms with van der Waals surface area (Å²) < 4.78 is 0. The standard InChI is InChI=1S/C2H3N.C2H6O.H3N/c2*1-2-3;/h1H3;3H,2H2,1H3;1H3. The maximum absolute atomic E-state index is 7.57. The molecule has 0 aliphatic carbocycles. The van der Waals surface area contributed by atoms with Gasteiger partial charge in [0.05, 0.1) is 6.07 Å². The Bertz CT molecular complexity index is 39.4. The number of nitriles is 1. The number of aliphatic hydroxyl groups is 1. The summed E-state index contributed by atoms with van der Waals surface area (Å²) in [6.45, 7) is 3.36. The van der Waals surface area contributed by atoms with E-state index < -0.39 is 0 Å². The summed E-state index contributed by atoms with van der Waals surface area (Å²) in [5.74, 6) is 0. The summed E-state index contributed by atoms with van der Waals surface area (Å²) in [7, 11) is 0. The van der Waals surface area contributed by atoms with Crippen LogP contribution in [0.15, 0.2) is 0 Å². The van der Waals surface area contributed by atoms with Crippen molar-refractivity contribution in [2.45, 2.75) is 13.8 Å². The van der Waals surface area contributed by atoms with Gasteiger partial charge >= 0.3 is 0 Å². The van der Waals surface area contributed by atoms with E-state index in [1.807, 2.05) is 0 Å². The van der Waals surface area contributed by atoms with Gasteiger partial charge in [0.25, 0.3) is 0 Å². The van der Waals surface area contributed by atoms with Gasteiger partial charge in [0.2, 0.25) is 0 Å². The van der Waals surface area contributed by atoms with Crippen molar-refractivity contribution >= 4 is 0 Å². The molecule has 44 valence electrons. The van der Waals surface area contributed by atoms with E-state index in [9.17, 15) is 0 Å². The monoisotopic (exact) mass is 104 g/mol. The molecule has 0 saturated carbocycles. The summed E-state index contributed by atoms with van der Waals surface area (Å²) in [4.78, 5) is 0. The highest BCUT2D eigenvalue weighted by atomic mass is 16.2. The van der Waals surface area contributed by atoms with E-state index in [2.05, 4.69) is 0 Å². The summed E-state index contributed by atoms with van der Waals surface area (Å²) in [5, 5.41) is 14.9. The summed E-state index contributed by atoms with van der Waals surface area (Å²) in [6, 6.07) is 1.75. The van der Waals surface area contributed by atoms with Gasteiger partial charge in [0.15, 0.2) is 0 Å². The molecule has 0 radical (unpaired) electrons. The lowest BCUT2D eigenvalue weighted by Crippen LogP contribution is -1.57. The number of hydrogen-bond acceptors (Lipinski definition) is 3. The van der Waals surface area contributed by atoms with E-state index in [1.165, 1.54) is 6.92 Å². The van der Waals surface area contributed by atoms with Crippen molar-refractivity contribution in [1.82, 2.24) is 6.15 Å². The highest BCUT2D eigenvalue weighted by molar-refractivity contribution is 4.51. The number of nitrogens with zero attached hydrogens (tertiary/aromatic N) is 1. The molecule has 0 aromatic rings. The third kappa shape index (κ3) is 181. The van der Waals surface area contributed by atoms with Crippen molar-refractivity contribution in [3.8, 4) is 6.07 Å². The van der Waals surface area contributed by atoms with Gasteiger partial charge in [-0.05, 0) is 6.92 Å². The normalized spacial score (nSPS) is 3.71. The Balaban J connectivity index is -0.0000000400. The number of aliphatic hydroxyl groups excluding tert-OH is 1. The highest BCUT2D eigenvalue weighted by Crippen LogP contribution is 1.30. The van der Waals surface area contributed by atoms with Crippen LogP contribution in [0.3, 0.4) is 0 Å². The van der Waals surface area contributed by atoms with Crippen molar-refractivity contribution in [1.29, 1.82) is 5.26 Å². The second-order valence-electron chi connectivity index (χ2n) is 0.540. The highest BCUT2D eigenvalue weighted by Gasteiger charge is 1.34. The Morgan fingerprint density at radius 3 is 1.71 bits per heavy atom. The Labute approximate surface area is 44.2 Å². The lowest BCUT2D eigenvalue weighted by atomic mass is 10.9. The Hall–Kier alpha value is -0.590. The molecular formula is C4H12N2O. The maximum atomic E-state index is 7.57. The quantitative estimate of drug-likeness (QED) is 0.474. The minimum absolute atomic E-state index is 0. The maximum Gasteiger partial charge on any atom is 0.0587 e. The smallest absolute Gasteiger partial charge is 0.0587 e. The van der Waals surface area contributed by atoms with Gasteiger partial charge in [0, 0.05) is 13.5 Å². The number of hydrogen-bond donors (Lipinski definition) is 2. The lowest BCUT2D eigenvalue weighted by Gasteiger charge is -1.52. The van der Waals surface area contributed by atoms with Crippen LogP contribution in [0.25, 0.3) is 0 Å². The van der Waals surface area contributed by atoms with Crippen LogP contribution in [0.4, 0.5) is 0 Å². The molecule has 0 heterocycles. The van der Waals surface area contributed by atoms with E-state index in [0.29, 0.717) is 0 Å². The van der Waals surface area contributed by atoms with Crippen LogP contribution in [0.1, 0.15) is 13.8 Å². The van der Waals surface area contributed by atoms with Crippen LogP contribution < -0.4 is 6.15 Å². The minimum atomic E-state index is 0. The molecule has 0 aliphatic heterocycles. The SMILES string of the molecule is CC#N.CCO.N. The Morgan fingerprint density at radius 1 is 1.71 bits per heavy atom. The van der Waals surface area contributed by atoms with Gasteiger partial charge < -0.3 is 11.3 Å². The van der Waals surface area contributed by atoms with Crippen LogP contribution in [-0.4, -0.2) is 11.7 Å². The predicted octanol–water partition coefficient (Wildman–Crippen LogP) is 0.690. The molecule has 0 aliphatic rings. The fourth-order valence-corrected chi connectivity index (χ4v) is 0. The molecule has 0 bridgehead atoms. The molecule has 0 atom stereocenters. The van der Waals surface area contributed by atoms with Crippen molar-refractivity contribution in [3.63, 3.8) is 0 Å². The first-order valence-corrected chi connectivity index (χ1v) is 1.75. The third-order valence-corrected chi connectivity index (χ3v) is 0. The minimum Gasteiger partial charge on any atom is -0.397 e. The van der Waals surface area contributed by atoms with E-state index in [-0.39, 0.29) is 12.8 Å². The summed E-state index contributed by atoms with van der Waals surface area (Å²) in [5.41, 5.74) is 0. The van der Waals surface area contributed by atoms with Gasteiger partial charge in [0.1, 0.15) is 0 Å². The fraction of sp³-hybridized carbons (Fsp3) is 0.750. The third-order valence-electron chi connectivity index (χ3n) is 0. The van der Waals surface area contributed by atoms with Crippen LogP contribution in [-0.2, 0) is 0 Å². The Kier molecular flexibility index (Phi) is 122. The van der Waals surface area contributed by atoms with Crippen molar-refractivity contribution in [2.75, 3.05) is 6.61 Å². The largest absolute Gasteiger partial charge is 0.397 e. The second-order valence-corrected chi connectivity index (χ2v) is 0.540. The lowest BCUT2D eigenvalue weighted by molar-refractivity contribution is 0.318. The van der Waals surface area contributed by atoms with Gasteiger partial charge in [-0.3, -0.25) is 0 Å². The molecular weight excluding hydrogens is 92.1 g/mol.